The average Bonchev–Trinajstić information content (AvgIpc) is 3.10. The van der Waals surface area contributed by atoms with Crippen LogP contribution in [0.3, 0.4) is 0 Å². The maximum Gasteiger partial charge on any atom is 0.212 e. The number of anilines is 1. The van der Waals surface area contributed by atoms with Gasteiger partial charge in [-0.15, -0.1) is 11.3 Å². The number of hydrazine groups is 1. The fraction of sp³-hybridized carbons (Fsp3) is 0.263. The molecule has 0 aliphatic rings. The Hall–Kier alpha value is -2.64. The molecule has 0 aliphatic carbocycles. The number of thiophene rings is 1. The molecule has 0 atom stereocenters. The summed E-state index contributed by atoms with van der Waals surface area (Å²) in [6.45, 7) is 5.09. The number of nitrogens with one attached hydrogen (secondary N) is 2. The van der Waals surface area contributed by atoms with Gasteiger partial charge >= 0.3 is 0 Å². The summed E-state index contributed by atoms with van der Waals surface area (Å²) in [6.07, 6.45) is 2.22. The Morgan fingerprint density at radius 2 is 2.15 bits per heavy atom. The minimum Gasteiger partial charge on any atom is -0.379 e. The number of allylic oxidation sites excluding steroid dienone is 1. The monoisotopic (exact) mass is 371 g/mol. The number of aryl methyl sites for hydroxylation is 2. The van der Waals surface area contributed by atoms with E-state index in [0.29, 0.717) is 24.7 Å². The van der Waals surface area contributed by atoms with Crippen LogP contribution in [0.5, 0.6) is 0 Å². The summed E-state index contributed by atoms with van der Waals surface area (Å²) in [4.78, 5) is 16.7. The van der Waals surface area contributed by atoms with Gasteiger partial charge in [0.1, 0.15) is 6.29 Å². The molecule has 0 fully saturated rings. The van der Waals surface area contributed by atoms with E-state index in [0.717, 1.165) is 22.4 Å². The first kappa shape index (κ1) is 19.7. The van der Waals surface area contributed by atoms with E-state index in [2.05, 4.69) is 28.6 Å². The molecule has 0 radical (unpaired) electrons. The number of carbonyl (C=O) groups excluding carboxylic acids is 1. The van der Waals surface area contributed by atoms with Crippen molar-refractivity contribution in [2.45, 2.75) is 20.4 Å². The van der Waals surface area contributed by atoms with Crippen LogP contribution in [0.15, 0.2) is 52.5 Å². The Balaban J connectivity index is 2.06. The molecule has 2 aromatic rings. The summed E-state index contributed by atoms with van der Waals surface area (Å²) in [7, 11) is 1.70. The number of nitrogens with two attached hydrogens (primary N) is 1. The summed E-state index contributed by atoms with van der Waals surface area (Å²) in [5.74, 6) is 6.37. The van der Waals surface area contributed by atoms with Gasteiger partial charge in [0, 0.05) is 23.3 Å². The third kappa shape index (κ3) is 6.02. The van der Waals surface area contributed by atoms with Gasteiger partial charge in [0.05, 0.1) is 13.1 Å². The predicted molar refractivity (Wildman–Crippen MR) is 109 cm³/mol. The highest BCUT2D eigenvalue weighted by Crippen LogP contribution is 2.16. The minimum atomic E-state index is 0.453. The molecular formula is C19H25N5OS. The lowest BCUT2D eigenvalue weighted by molar-refractivity contribution is -0.104. The largest absolute Gasteiger partial charge is 0.379 e. The molecule has 0 saturated heterocycles. The van der Waals surface area contributed by atoms with E-state index in [9.17, 15) is 4.79 Å². The molecule has 7 heteroatoms. The summed E-state index contributed by atoms with van der Waals surface area (Å²) in [6, 6.07) is 10.2. The second-order valence-electron chi connectivity index (χ2n) is 5.96. The summed E-state index contributed by atoms with van der Waals surface area (Å²) < 4.78 is 0. The zero-order chi connectivity index (χ0) is 18.9. The SMILES string of the molecule is Cc1ccc(NC/C(=C/C=O)NC(=NCc2cccs2)N(C)N)c(C)c1. The van der Waals surface area contributed by atoms with E-state index >= 15 is 0 Å². The lowest BCUT2D eigenvalue weighted by Crippen LogP contribution is -2.43. The number of benzene rings is 1. The van der Waals surface area contributed by atoms with Crippen LogP contribution in [0.25, 0.3) is 0 Å². The van der Waals surface area contributed by atoms with Crippen molar-refractivity contribution in [2.24, 2.45) is 10.8 Å². The van der Waals surface area contributed by atoms with E-state index in [1.54, 1.807) is 18.4 Å². The molecule has 0 saturated carbocycles. The van der Waals surface area contributed by atoms with Gasteiger partial charge in [-0.25, -0.2) is 10.8 Å². The van der Waals surface area contributed by atoms with E-state index in [1.165, 1.54) is 16.6 Å². The highest BCUT2D eigenvalue weighted by Gasteiger charge is 2.07. The van der Waals surface area contributed by atoms with Crippen molar-refractivity contribution in [1.82, 2.24) is 10.3 Å². The predicted octanol–water partition coefficient (Wildman–Crippen LogP) is 2.81. The van der Waals surface area contributed by atoms with E-state index in [-0.39, 0.29) is 0 Å². The Bertz CT molecular complexity index is 781. The molecule has 4 N–H and O–H groups in total. The molecule has 0 aliphatic heterocycles. The molecule has 26 heavy (non-hydrogen) atoms. The van der Waals surface area contributed by atoms with Crippen LogP contribution in [0, 0.1) is 13.8 Å². The van der Waals surface area contributed by atoms with Gasteiger partial charge in [-0.2, -0.15) is 0 Å². The zero-order valence-electron chi connectivity index (χ0n) is 15.3. The number of hydrogen-bond donors (Lipinski definition) is 3. The van der Waals surface area contributed by atoms with Crippen molar-refractivity contribution in [3.05, 3.63) is 63.5 Å². The summed E-state index contributed by atoms with van der Waals surface area (Å²) in [5.41, 5.74) is 4.06. The van der Waals surface area contributed by atoms with Gasteiger partial charge in [-0.1, -0.05) is 23.8 Å². The van der Waals surface area contributed by atoms with Crippen molar-refractivity contribution in [3.63, 3.8) is 0 Å². The molecule has 0 amide bonds. The Morgan fingerprint density at radius 3 is 2.77 bits per heavy atom. The standard InChI is InChI=1S/C19H25N5OS/c1-14-6-7-18(15(2)11-14)21-12-16(8-9-25)23-19(24(3)20)22-13-17-5-4-10-26-17/h4-11,21H,12-13,20H2,1-3H3,(H,22,23)/b16-8-. The number of nitrogens with zero attached hydrogens (tertiary/aromatic N) is 2. The van der Waals surface area contributed by atoms with Crippen molar-refractivity contribution >= 4 is 29.3 Å². The van der Waals surface area contributed by atoms with Crippen molar-refractivity contribution in [2.75, 3.05) is 18.9 Å². The van der Waals surface area contributed by atoms with Gasteiger partial charge < -0.3 is 10.6 Å². The van der Waals surface area contributed by atoms with Gasteiger partial charge in [0.25, 0.3) is 0 Å². The second-order valence-corrected chi connectivity index (χ2v) is 6.99. The lowest BCUT2D eigenvalue weighted by atomic mass is 10.1. The molecule has 1 heterocycles. The van der Waals surface area contributed by atoms with E-state index < -0.39 is 0 Å². The van der Waals surface area contributed by atoms with Crippen LogP contribution < -0.4 is 16.5 Å². The molecule has 1 aromatic carbocycles. The maximum atomic E-state index is 11.0. The maximum absolute atomic E-state index is 11.0. The van der Waals surface area contributed by atoms with Gasteiger partial charge in [0.2, 0.25) is 5.96 Å². The van der Waals surface area contributed by atoms with E-state index in [1.807, 2.05) is 36.6 Å². The highest BCUT2D eigenvalue weighted by molar-refractivity contribution is 7.09. The molecule has 0 unspecified atom stereocenters. The van der Waals surface area contributed by atoms with E-state index in [4.69, 9.17) is 5.84 Å². The third-order valence-corrected chi connectivity index (χ3v) is 4.55. The topological polar surface area (TPSA) is 82.8 Å². The number of aldehydes is 1. The fourth-order valence-electron chi connectivity index (χ4n) is 2.37. The number of aliphatic imine (C=N–C) groups is 1. The van der Waals surface area contributed by atoms with Crippen LogP contribution in [0.2, 0.25) is 0 Å². The van der Waals surface area contributed by atoms with Crippen LogP contribution in [0.4, 0.5) is 5.69 Å². The molecular weight excluding hydrogens is 346 g/mol. The smallest absolute Gasteiger partial charge is 0.212 e. The van der Waals surface area contributed by atoms with Crippen LogP contribution in [0.1, 0.15) is 16.0 Å². The normalized spacial score (nSPS) is 12.0. The third-order valence-electron chi connectivity index (χ3n) is 3.69. The fourth-order valence-corrected chi connectivity index (χ4v) is 3.00. The molecule has 0 bridgehead atoms. The van der Waals surface area contributed by atoms with Gasteiger partial charge in [0.15, 0.2) is 0 Å². The Kier molecular flexibility index (Phi) is 7.37. The molecule has 2 rings (SSSR count). The molecule has 1 aromatic heterocycles. The van der Waals surface area contributed by atoms with Gasteiger partial charge in [-0.05, 0) is 43.0 Å². The van der Waals surface area contributed by atoms with Crippen LogP contribution in [-0.2, 0) is 11.3 Å². The van der Waals surface area contributed by atoms with Crippen LogP contribution in [-0.4, -0.2) is 30.8 Å². The number of carbonyl (C=O) groups is 1. The first-order valence-electron chi connectivity index (χ1n) is 8.27. The first-order chi connectivity index (χ1) is 12.5. The number of hydrogen-bond acceptors (Lipinski definition) is 5. The van der Waals surface area contributed by atoms with Crippen molar-refractivity contribution in [3.8, 4) is 0 Å². The average molecular weight is 372 g/mol. The minimum absolute atomic E-state index is 0.453. The molecule has 6 nitrogen and oxygen atoms in total. The van der Waals surface area contributed by atoms with Gasteiger partial charge in [-0.3, -0.25) is 9.80 Å². The highest BCUT2D eigenvalue weighted by atomic mass is 32.1. The number of guanidine groups is 1. The molecule has 138 valence electrons. The van der Waals surface area contributed by atoms with Crippen molar-refractivity contribution in [1.29, 1.82) is 0 Å². The van der Waals surface area contributed by atoms with Crippen LogP contribution >= 0.6 is 11.3 Å². The summed E-state index contributed by atoms with van der Waals surface area (Å²) >= 11 is 1.64. The van der Waals surface area contributed by atoms with Crippen molar-refractivity contribution < 1.29 is 4.79 Å². The Labute approximate surface area is 158 Å². The first-order valence-corrected chi connectivity index (χ1v) is 9.15. The quantitative estimate of drug-likeness (QED) is 0.174. The lowest BCUT2D eigenvalue weighted by Gasteiger charge is -2.20. The summed E-state index contributed by atoms with van der Waals surface area (Å²) in [5, 5.41) is 9.89. The second kappa shape index (κ2) is 9.74. The number of rotatable bonds is 7. The Morgan fingerprint density at radius 1 is 1.35 bits per heavy atom. The zero-order valence-corrected chi connectivity index (χ0v) is 16.1. The molecule has 0 spiro atoms.